The predicted octanol–water partition coefficient (Wildman–Crippen LogP) is -0.131. The van der Waals surface area contributed by atoms with Crippen LogP contribution in [0, 0.1) is 0 Å². The second-order valence-electron chi connectivity index (χ2n) is 4.54. The van der Waals surface area contributed by atoms with Gasteiger partial charge in [0.15, 0.2) is 0 Å². The normalized spacial score (nSPS) is 10.1. The van der Waals surface area contributed by atoms with Crippen LogP contribution in [-0.2, 0) is 38.1 Å². The minimum absolute atomic E-state index is 0.0570. The number of rotatable bonds is 11. The SMILES string of the molecule is CC(=O)OCCN(CCOC(C)=O)CCC(=O)OCOC(C)=O. The molecule has 132 valence electrons. The van der Waals surface area contributed by atoms with E-state index >= 15 is 0 Å². The second-order valence-corrected chi connectivity index (χ2v) is 4.54. The first-order chi connectivity index (χ1) is 10.8. The molecule has 0 fully saturated rings. The van der Waals surface area contributed by atoms with Crippen molar-refractivity contribution in [1.82, 2.24) is 4.90 Å². The van der Waals surface area contributed by atoms with Crippen LogP contribution in [0.3, 0.4) is 0 Å². The van der Waals surface area contributed by atoms with Crippen molar-refractivity contribution in [3.05, 3.63) is 0 Å². The lowest BCUT2D eigenvalue weighted by atomic mass is 10.3. The van der Waals surface area contributed by atoms with Gasteiger partial charge in [-0.3, -0.25) is 24.1 Å². The van der Waals surface area contributed by atoms with Gasteiger partial charge in [-0.15, -0.1) is 0 Å². The molecule has 23 heavy (non-hydrogen) atoms. The molecule has 0 N–H and O–H groups in total. The van der Waals surface area contributed by atoms with E-state index in [9.17, 15) is 19.2 Å². The third kappa shape index (κ3) is 14.5. The Morgan fingerprint density at radius 1 is 0.696 bits per heavy atom. The molecule has 9 heteroatoms. The Labute approximate surface area is 134 Å². The molecule has 0 aromatic heterocycles. The Balaban J connectivity index is 4.10. The smallest absolute Gasteiger partial charge is 0.309 e. The molecule has 0 aliphatic heterocycles. The fourth-order valence-corrected chi connectivity index (χ4v) is 1.47. The quantitative estimate of drug-likeness (QED) is 0.290. The van der Waals surface area contributed by atoms with Crippen LogP contribution in [0.15, 0.2) is 0 Å². The van der Waals surface area contributed by atoms with Crippen LogP contribution < -0.4 is 0 Å². The largest absolute Gasteiger partial charge is 0.465 e. The highest BCUT2D eigenvalue weighted by Crippen LogP contribution is 1.96. The van der Waals surface area contributed by atoms with Crippen LogP contribution in [0.2, 0.25) is 0 Å². The van der Waals surface area contributed by atoms with E-state index in [1.54, 1.807) is 4.90 Å². The number of carbonyl (C=O) groups excluding carboxylic acids is 4. The summed E-state index contributed by atoms with van der Waals surface area (Å²) in [6.07, 6.45) is 0.0570. The number of esters is 4. The van der Waals surface area contributed by atoms with E-state index in [0.29, 0.717) is 19.6 Å². The van der Waals surface area contributed by atoms with Crippen molar-refractivity contribution in [3.8, 4) is 0 Å². The van der Waals surface area contributed by atoms with E-state index in [4.69, 9.17) is 14.2 Å². The average molecular weight is 333 g/mol. The highest BCUT2D eigenvalue weighted by Gasteiger charge is 2.11. The molecule has 0 heterocycles. The van der Waals surface area contributed by atoms with Gasteiger partial charge in [0, 0.05) is 40.4 Å². The van der Waals surface area contributed by atoms with E-state index in [-0.39, 0.29) is 19.6 Å². The minimum atomic E-state index is -0.540. The van der Waals surface area contributed by atoms with Crippen molar-refractivity contribution in [1.29, 1.82) is 0 Å². The van der Waals surface area contributed by atoms with Gasteiger partial charge in [0.25, 0.3) is 0 Å². The number of ether oxygens (including phenoxy) is 4. The number of nitrogens with zero attached hydrogens (tertiary/aromatic N) is 1. The van der Waals surface area contributed by atoms with Gasteiger partial charge in [-0.25, -0.2) is 0 Å². The van der Waals surface area contributed by atoms with Crippen molar-refractivity contribution in [3.63, 3.8) is 0 Å². The number of carbonyl (C=O) groups is 4. The van der Waals surface area contributed by atoms with Gasteiger partial charge in [0.05, 0.1) is 6.42 Å². The molecule has 0 saturated heterocycles. The molecular weight excluding hydrogens is 310 g/mol. The van der Waals surface area contributed by atoms with Crippen LogP contribution in [0.4, 0.5) is 0 Å². The van der Waals surface area contributed by atoms with E-state index < -0.39 is 30.7 Å². The zero-order chi connectivity index (χ0) is 17.7. The second kappa shape index (κ2) is 12.4. The highest BCUT2D eigenvalue weighted by molar-refractivity contribution is 5.70. The first-order valence-corrected chi connectivity index (χ1v) is 7.09. The summed E-state index contributed by atoms with van der Waals surface area (Å²) in [4.78, 5) is 45.3. The van der Waals surface area contributed by atoms with Gasteiger partial charge in [-0.05, 0) is 0 Å². The summed E-state index contributed by atoms with van der Waals surface area (Å²) in [5, 5.41) is 0. The van der Waals surface area contributed by atoms with Crippen LogP contribution in [-0.4, -0.2) is 68.4 Å². The lowest BCUT2D eigenvalue weighted by Crippen LogP contribution is -2.34. The average Bonchev–Trinajstić information content (AvgIpc) is 2.43. The molecule has 0 bridgehead atoms. The first-order valence-electron chi connectivity index (χ1n) is 7.09. The predicted molar refractivity (Wildman–Crippen MR) is 77.0 cm³/mol. The van der Waals surface area contributed by atoms with Crippen molar-refractivity contribution in [2.24, 2.45) is 0 Å². The lowest BCUT2D eigenvalue weighted by Gasteiger charge is -2.21. The lowest BCUT2D eigenvalue weighted by molar-refractivity contribution is -0.166. The highest BCUT2D eigenvalue weighted by atomic mass is 16.7. The molecule has 0 atom stereocenters. The van der Waals surface area contributed by atoms with Crippen molar-refractivity contribution in [2.75, 3.05) is 39.6 Å². The molecule has 9 nitrogen and oxygen atoms in total. The molecule has 0 aromatic rings. The van der Waals surface area contributed by atoms with Crippen LogP contribution in [0.5, 0.6) is 0 Å². The fourth-order valence-electron chi connectivity index (χ4n) is 1.47. The summed E-state index contributed by atoms with van der Waals surface area (Å²) in [6.45, 7) is 4.81. The maximum absolute atomic E-state index is 11.5. The molecule has 0 spiro atoms. The van der Waals surface area contributed by atoms with Gasteiger partial charge in [0.1, 0.15) is 13.2 Å². The zero-order valence-electron chi connectivity index (χ0n) is 13.7. The topological polar surface area (TPSA) is 108 Å². The summed E-state index contributed by atoms with van der Waals surface area (Å²) in [7, 11) is 0. The zero-order valence-corrected chi connectivity index (χ0v) is 13.7. The molecule has 0 unspecified atom stereocenters. The summed E-state index contributed by atoms with van der Waals surface area (Å²) in [5.41, 5.74) is 0. The van der Waals surface area contributed by atoms with Gasteiger partial charge in [0.2, 0.25) is 6.79 Å². The molecular formula is C14H23NO8. The van der Waals surface area contributed by atoms with E-state index in [1.807, 2.05) is 0 Å². The fraction of sp³-hybridized carbons (Fsp3) is 0.714. The standard InChI is InChI=1S/C14H23NO8/c1-11(16)20-8-6-15(7-9-21-12(2)17)5-4-14(19)23-10-22-13(3)18/h4-10H2,1-3H3. The van der Waals surface area contributed by atoms with Crippen molar-refractivity contribution < 1.29 is 38.1 Å². The van der Waals surface area contributed by atoms with Gasteiger partial charge in [-0.1, -0.05) is 0 Å². The van der Waals surface area contributed by atoms with E-state index in [0.717, 1.165) is 0 Å². The van der Waals surface area contributed by atoms with Crippen LogP contribution >= 0.6 is 0 Å². The molecule has 0 aliphatic rings. The maximum Gasteiger partial charge on any atom is 0.309 e. The number of hydrogen-bond donors (Lipinski definition) is 0. The molecule has 0 saturated carbocycles. The van der Waals surface area contributed by atoms with Gasteiger partial charge in [-0.2, -0.15) is 0 Å². The summed E-state index contributed by atoms with van der Waals surface area (Å²) < 4.78 is 18.9. The Hall–Kier alpha value is -2.16. The summed E-state index contributed by atoms with van der Waals surface area (Å²) in [6, 6.07) is 0. The summed E-state index contributed by atoms with van der Waals surface area (Å²) in [5.74, 6) is -1.87. The Bertz CT molecular complexity index is 390. The number of hydrogen-bond acceptors (Lipinski definition) is 9. The third-order valence-corrected chi connectivity index (χ3v) is 2.54. The Morgan fingerprint density at radius 2 is 1.17 bits per heavy atom. The van der Waals surface area contributed by atoms with Crippen molar-refractivity contribution >= 4 is 23.9 Å². The monoisotopic (exact) mass is 333 g/mol. The molecule has 0 radical (unpaired) electrons. The summed E-state index contributed by atoms with van der Waals surface area (Å²) >= 11 is 0. The molecule has 0 amide bonds. The third-order valence-electron chi connectivity index (χ3n) is 2.54. The Morgan fingerprint density at radius 3 is 1.61 bits per heavy atom. The van der Waals surface area contributed by atoms with Crippen LogP contribution in [0.1, 0.15) is 27.2 Å². The van der Waals surface area contributed by atoms with Gasteiger partial charge >= 0.3 is 23.9 Å². The van der Waals surface area contributed by atoms with Crippen molar-refractivity contribution in [2.45, 2.75) is 27.2 Å². The Kier molecular flexibility index (Phi) is 11.2. The van der Waals surface area contributed by atoms with Crippen LogP contribution in [0.25, 0.3) is 0 Å². The first kappa shape index (κ1) is 20.8. The maximum atomic E-state index is 11.5. The molecule has 0 aromatic carbocycles. The molecule has 0 rings (SSSR count). The molecule has 0 aliphatic carbocycles. The van der Waals surface area contributed by atoms with Gasteiger partial charge < -0.3 is 18.9 Å². The minimum Gasteiger partial charge on any atom is -0.465 e. The van der Waals surface area contributed by atoms with E-state index in [1.165, 1.54) is 20.8 Å². The van der Waals surface area contributed by atoms with E-state index in [2.05, 4.69) is 4.74 Å².